The Labute approximate surface area is 168 Å². The van der Waals surface area contributed by atoms with E-state index in [0.717, 1.165) is 43.2 Å². The molecule has 2 aromatic carbocycles. The lowest BCUT2D eigenvalue weighted by atomic mass is 9.89. The van der Waals surface area contributed by atoms with Crippen LogP contribution in [0.15, 0.2) is 46.6 Å². The molecule has 2 N–H and O–H groups in total. The molecular weight excluding hydrogens is 366 g/mol. The zero-order valence-corrected chi connectivity index (χ0v) is 17.3. The van der Waals surface area contributed by atoms with Crippen LogP contribution in [0.2, 0.25) is 0 Å². The first kappa shape index (κ1) is 18.9. The Kier molecular flexibility index (Phi) is 5.09. The Balaban J connectivity index is 2.02. The van der Waals surface area contributed by atoms with Gasteiger partial charge in [0.15, 0.2) is 0 Å². The summed E-state index contributed by atoms with van der Waals surface area (Å²) in [5.74, 6) is 0.533. The van der Waals surface area contributed by atoms with Gasteiger partial charge in [-0.05, 0) is 58.5 Å². The highest BCUT2D eigenvalue weighted by molar-refractivity contribution is 7.17. The molecule has 0 bridgehead atoms. The molecule has 0 aliphatic rings. The molecule has 2 heterocycles. The summed E-state index contributed by atoms with van der Waals surface area (Å²) in [7, 11) is 0. The number of rotatable bonds is 5. The van der Waals surface area contributed by atoms with Crippen molar-refractivity contribution in [2.24, 2.45) is 0 Å². The van der Waals surface area contributed by atoms with Gasteiger partial charge in [0.05, 0.1) is 12.1 Å². The molecular formula is C24H25NO2S. The van der Waals surface area contributed by atoms with Crippen molar-refractivity contribution in [1.82, 2.24) is 4.98 Å². The van der Waals surface area contributed by atoms with Gasteiger partial charge in [0, 0.05) is 10.8 Å². The number of hydrogen-bond donors (Lipinski definition) is 2. The van der Waals surface area contributed by atoms with Gasteiger partial charge >= 0.3 is 0 Å². The van der Waals surface area contributed by atoms with Crippen molar-refractivity contribution in [3.63, 3.8) is 0 Å². The largest absolute Gasteiger partial charge is 0.392 e. The van der Waals surface area contributed by atoms with E-state index in [2.05, 4.69) is 43.1 Å². The average Bonchev–Trinajstić information content (AvgIpc) is 3.19. The van der Waals surface area contributed by atoms with Crippen LogP contribution >= 0.6 is 11.3 Å². The lowest BCUT2D eigenvalue weighted by Gasteiger charge is -2.17. The predicted molar refractivity (Wildman–Crippen MR) is 119 cm³/mol. The van der Waals surface area contributed by atoms with Crippen molar-refractivity contribution < 1.29 is 5.11 Å². The zero-order valence-electron chi connectivity index (χ0n) is 16.5. The van der Waals surface area contributed by atoms with E-state index >= 15 is 0 Å². The van der Waals surface area contributed by atoms with Gasteiger partial charge < -0.3 is 10.1 Å². The topological polar surface area (TPSA) is 53.1 Å². The number of fused-ring (bicyclic) bond motifs is 3. The standard InChI is InChI=1S/C24H25NO2S/c1-4-5-14(2)16-6-8-17(9-7-16)20-18(13-26)12-15(3)22-21(20)19-10-11-28-23(19)24(27)25-22/h6-12,14,26H,4-5,13H2,1-3H3,(H,25,27)/t14-/m0/s1. The van der Waals surface area contributed by atoms with E-state index < -0.39 is 0 Å². The fourth-order valence-electron chi connectivity index (χ4n) is 4.20. The minimum Gasteiger partial charge on any atom is -0.392 e. The van der Waals surface area contributed by atoms with Crippen molar-refractivity contribution in [1.29, 1.82) is 0 Å². The second-order valence-electron chi connectivity index (χ2n) is 7.56. The molecule has 0 fully saturated rings. The van der Waals surface area contributed by atoms with Crippen LogP contribution in [-0.2, 0) is 6.61 Å². The molecule has 0 radical (unpaired) electrons. The summed E-state index contributed by atoms with van der Waals surface area (Å²) in [4.78, 5) is 15.6. The molecule has 28 heavy (non-hydrogen) atoms. The number of pyridine rings is 1. The van der Waals surface area contributed by atoms with Crippen LogP contribution in [0.3, 0.4) is 0 Å². The van der Waals surface area contributed by atoms with Gasteiger partial charge in [-0.2, -0.15) is 0 Å². The van der Waals surface area contributed by atoms with Crippen LogP contribution in [0, 0.1) is 6.92 Å². The van der Waals surface area contributed by atoms with E-state index in [-0.39, 0.29) is 12.2 Å². The number of aromatic amines is 1. The Hall–Kier alpha value is -2.43. The smallest absolute Gasteiger partial charge is 0.266 e. The first-order valence-corrected chi connectivity index (χ1v) is 10.7. The summed E-state index contributed by atoms with van der Waals surface area (Å²) < 4.78 is 0.733. The van der Waals surface area contributed by atoms with Crippen LogP contribution in [0.25, 0.3) is 32.1 Å². The van der Waals surface area contributed by atoms with Gasteiger partial charge in [-0.3, -0.25) is 4.79 Å². The lowest BCUT2D eigenvalue weighted by molar-refractivity contribution is 0.282. The van der Waals surface area contributed by atoms with Gasteiger partial charge in [-0.1, -0.05) is 50.6 Å². The number of aliphatic hydroxyl groups excluding tert-OH is 1. The van der Waals surface area contributed by atoms with Crippen LogP contribution in [-0.4, -0.2) is 10.1 Å². The fraction of sp³-hybridized carbons (Fsp3) is 0.292. The fourth-order valence-corrected chi connectivity index (χ4v) is 5.00. The van der Waals surface area contributed by atoms with Crippen molar-refractivity contribution in [3.05, 3.63) is 68.8 Å². The number of aliphatic hydroxyl groups is 1. The molecule has 0 aliphatic heterocycles. The number of benzene rings is 2. The molecule has 0 aliphatic carbocycles. The average molecular weight is 392 g/mol. The van der Waals surface area contributed by atoms with Crippen LogP contribution in [0.5, 0.6) is 0 Å². The highest BCUT2D eigenvalue weighted by atomic mass is 32.1. The van der Waals surface area contributed by atoms with Crippen LogP contribution in [0.4, 0.5) is 0 Å². The minimum absolute atomic E-state index is 0.0368. The van der Waals surface area contributed by atoms with Crippen molar-refractivity contribution >= 4 is 32.3 Å². The number of hydrogen-bond acceptors (Lipinski definition) is 3. The van der Waals surface area contributed by atoms with Crippen LogP contribution in [0.1, 0.15) is 49.3 Å². The Morgan fingerprint density at radius 1 is 1.18 bits per heavy atom. The summed E-state index contributed by atoms with van der Waals surface area (Å²) in [6.45, 7) is 6.42. The van der Waals surface area contributed by atoms with Gasteiger partial charge in [-0.15, -0.1) is 11.3 Å². The SMILES string of the molecule is CCC[C@H](C)c1ccc(-c2c(CO)cc(C)c3[nH]c(=O)c4sccc4c23)cc1. The molecule has 1 atom stereocenters. The molecule has 0 unspecified atom stereocenters. The van der Waals surface area contributed by atoms with Crippen molar-refractivity contribution in [2.45, 2.75) is 46.1 Å². The number of aromatic nitrogens is 1. The maximum atomic E-state index is 12.5. The van der Waals surface area contributed by atoms with Crippen LogP contribution < -0.4 is 5.56 Å². The second kappa shape index (κ2) is 7.53. The summed E-state index contributed by atoms with van der Waals surface area (Å²) in [5.41, 5.74) is 6.08. The molecule has 0 saturated carbocycles. The summed E-state index contributed by atoms with van der Waals surface area (Å²) >= 11 is 1.46. The molecule has 144 valence electrons. The lowest BCUT2D eigenvalue weighted by Crippen LogP contribution is -2.07. The summed E-state index contributed by atoms with van der Waals surface area (Å²) in [6.07, 6.45) is 2.34. The molecule has 3 nitrogen and oxygen atoms in total. The number of aryl methyl sites for hydroxylation is 1. The Morgan fingerprint density at radius 3 is 2.61 bits per heavy atom. The monoisotopic (exact) mass is 391 g/mol. The number of H-pyrrole nitrogens is 1. The third-order valence-corrected chi connectivity index (χ3v) is 6.56. The highest BCUT2D eigenvalue weighted by Gasteiger charge is 2.17. The number of nitrogens with one attached hydrogen (secondary N) is 1. The highest BCUT2D eigenvalue weighted by Crippen LogP contribution is 2.38. The van der Waals surface area contributed by atoms with E-state index in [1.54, 1.807) is 0 Å². The molecule has 4 aromatic rings. The number of thiophene rings is 1. The normalized spacial score (nSPS) is 12.7. The van der Waals surface area contributed by atoms with E-state index in [4.69, 9.17) is 0 Å². The van der Waals surface area contributed by atoms with Gasteiger partial charge in [0.2, 0.25) is 0 Å². The summed E-state index contributed by atoms with van der Waals surface area (Å²) in [5, 5.41) is 14.0. The van der Waals surface area contributed by atoms with Crippen molar-refractivity contribution in [2.75, 3.05) is 0 Å². The first-order valence-electron chi connectivity index (χ1n) is 9.82. The molecule has 0 spiro atoms. The second-order valence-corrected chi connectivity index (χ2v) is 8.48. The maximum Gasteiger partial charge on any atom is 0.266 e. The molecule has 4 heteroatoms. The summed E-state index contributed by atoms with van der Waals surface area (Å²) in [6, 6.07) is 12.7. The zero-order chi connectivity index (χ0) is 19.8. The van der Waals surface area contributed by atoms with Gasteiger partial charge in [0.25, 0.3) is 5.56 Å². The first-order chi connectivity index (χ1) is 13.5. The van der Waals surface area contributed by atoms with E-state index in [1.807, 2.05) is 24.4 Å². The molecule has 0 saturated heterocycles. The van der Waals surface area contributed by atoms with E-state index in [1.165, 1.54) is 29.7 Å². The Bertz CT molecular complexity index is 1200. The van der Waals surface area contributed by atoms with E-state index in [0.29, 0.717) is 5.92 Å². The molecule has 0 amide bonds. The van der Waals surface area contributed by atoms with Crippen molar-refractivity contribution in [3.8, 4) is 11.1 Å². The Morgan fingerprint density at radius 2 is 1.93 bits per heavy atom. The quantitative estimate of drug-likeness (QED) is 0.431. The third-order valence-electron chi connectivity index (χ3n) is 5.65. The van der Waals surface area contributed by atoms with Gasteiger partial charge in [-0.25, -0.2) is 0 Å². The predicted octanol–water partition coefficient (Wildman–Crippen LogP) is 6.11. The van der Waals surface area contributed by atoms with Gasteiger partial charge in [0.1, 0.15) is 4.70 Å². The third kappa shape index (κ3) is 3.07. The molecule has 2 aromatic heterocycles. The maximum absolute atomic E-state index is 12.5. The van der Waals surface area contributed by atoms with E-state index in [9.17, 15) is 9.90 Å². The minimum atomic E-state index is -0.0490. The molecule has 4 rings (SSSR count).